The molecule has 1 aliphatic heterocycles. The summed E-state index contributed by atoms with van der Waals surface area (Å²) >= 11 is 0. The van der Waals surface area contributed by atoms with Gasteiger partial charge >= 0.3 is 0 Å². The number of aromatic amines is 4. The minimum atomic E-state index is 0.453. The number of fused-ring (bicyclic) bond motifs is 8. The number of hydrogen-bond donors (Lipinski definition) is 4. The lowest BCUT2D eigenvalue weighted by Crippen LogP contribution is -2.16. The van der Waals surface area contributed by atoms with Crippen molar-refractivity contribution in [2.45, 2.75) is 0 Å². The molecule has 0 aliphatic carbocycles. The van der Waals surface area contributed by atoms with E-state index in [9.17, 15) is 0 Å². The summed E-state index contributed by atoms with van der Waals surface area (Å²) in [5.74, 6) is 1.99. The van der Waals surface area contributed by atoms with Crippen LogP contribution in [-0.2, 0) is 0 Å². The zero-order chi connectivity index (χ0) is 26.2. The number of benzene rings is 1. The summed E-state index contributed by atoms with van der Waals surface area (Å²) in [5, 5.41) is 3.85. The van der Waals surface area contributed by atoms with Gasteiger partial charge in [0.15, 0.2) is 11.5 Å². The first-order chi connectivity index (χ1) is 18.6. The minimum Gasteiger partial charge on any atom is -0.493 e. The summed E-state index contributed by atoms with van der Waals surface area (Å²) < 4.78 is 22.9. The van der Waals surface area contributed by atoms with Crippen LogP contribution in [0.5, 0.6) is 23.0 Å². The Balaban J connectivity index is 1.70. The predicted octanol–water partition coefficient (Wildman–Crippen LogP) is 2.08. The number of aromatic nitrogens is 4. The molecule has 0 spiro atoms. The van der Waals surface area contributed by atoms with Crippen molar-refractivity contribution in [3.8, 4) is 23.0 Å². The van der Waals surface area contributed by atoms with Crippen molar-refractivity contribution in [2.75, 3.05) is 28.4 Å². The van der Waals surface area contributed by atoms with Gasteiger partial charge in [0.25, 0.3) is 0 Å². The average Bonchev–Trinajstić information content (AvgIpc) is 3.74. The van der Waals surface area contributed by atoms with Crippen LogP contribution >= 0.6 is 0 Å². The molecule has 4 aromatic heterocycles. The largest absolute Gasteiger partial charge is 0.493 e. The topological polar surface area (TPSA) is 100 Å². The average molecular weight is 509 g/mol. The number of nitrogens with one attached hydrogen (secondary N) is 4. The van der Waals surface area contributed by atoms with Crippen LogP contribution in [0.15, 0.2) is 54.6 Å². The second kappa shape index (κ2) is 9.48. The van der Waals surface area contributed by atoms with Crippen LogP contribution < -0.4 is 40.3 Å². The van der Waals surface area contributed by atoms with Crippen molar-refractivity contribution in [3.05, 3.63) is 104 Å². The van der Waals surface area contributed by atoms with Crippen LogP contribution in [0.4, 0.5) is 0 Å². The van der Waals surface area contributed by atoms with Gasteiger partial charge in [-0.05, 0) is 72.8 Å². The second-order valence-electron chi connectivity index (χ2n) is 8.93. The van der Waals surface area contributed by atoms with Crippen LogP contribution in [0.2, 0.25) is 0 Å². The van der Waals surface area contributed by atoms with Gasteiger partial charge in [0.1, 0.15) is 0 Å². The molecule has 5 aromatic rings. The normalized spacial score (nSPS) is 12.3. The summed E-state index contributed by atoms with van der Waals surface area (Å²) in [6, 6.07) is 18.4. The molecule has 0 saturated heterocycles. The first kappa shape index (κ1) is 23.4. The van der Waals surface area contributed by atoms with E-state index < -0.39 is 0 Å². The molecule has 6 rings (SSSR count). The van der Waals surface area contributed by atoms with Crippen molar-refractivity contribution in [1.29, 1.82) is 0 Å². The zero-order valence-corrected chi connectivity index (χ0v) is 21.6. The predicted molar refractivity (Wildman–Crippen MR) is 147 cm³/mol. The standard InChI is InChI=1S/C30H28N4O4/c1-35-26-16-23(28(36-2)30(38-4)29(26)37-3)27-24-11-9-21(33-24)14-19-7-5-17(31-19)13-18-6-8-20(32-18)15-22-10-12-25(27)34-22/h5-16,31-34H,1-4H3. The Morgan fingerprint density at radius 3 is 1.71 bits per heavy atom. The van der Waals surface area contributed by atoms with E-state index >= 15 is 0 Å². The molecule has 4 N–H and O–H groups in total. The molecule has 0 radical (unpaired) electrons. The maximum Gasteiger partial charge on any atom is 0.207 e. The van der Waals surface area contributed by atoms with Crippen LogP contribution in [0.25, 0.3) is 23.8 Å². The third kappa shape index (κ3) is 4.06. The molecule has 1 aromatic carbocycles. The van der Waals surface area contributed by atoms with Gasteiger partial charge < -0.3 is 38.9 Å². The molecule has 5 heterocycles. The number of rotatable bonds is 5. The fourth-order valence-electron chi connectivity index (χ4n) is 4.94. The molecular formula is C30H28N4O4. The van der Waals surface area contributed by atoms with E-state index in [0.717, 1.165) is 55.3 Å². The van der Waals surface area contributed by atoms with E-state index in [1.54, 1.807) is 28.4 Å². The SMILES string of the molecule is COc1cc(C2=c3ccc([nH]3)=Cc3ccc([nH]3)C=c3ccc([nH]3)=Cc3ccc2[nH]3)c(OC)c(OC)c1OC. The highest BCUT2D eigenvalue weighted by atomic mass is 16.5. The van der Waals surface area contributed by atoms with Gasteiger partial charge in [0.2, 0.25) is 11.5 Å². The number of ether oxygens (including phenoxy) is 4. The molecule has 38 heavy (non-hydrogen) atoms. The molecule has 8 nitrogen and oxygen atoms in total. The summed E-state index contributed by atoms with van der Waals surface area (Å²) in [6.45, 7) is 0. The van der Waals surface area contributed by atoms with E-state index in [-0.39, 0.29) is 0 Å². The third-order valence-electron chi connectivity index (χ3n) is 6.61. The first-order valence-electron chi connectivity index (χ1n) is 12.2. The molecule has 8 bridgehead atoms. The van der Waals surface area contributed by atoms with Gasteiger partial charge in [0, 0.05) is 55.3 Å². The minimum absolute atomic E-state index is 0.453. The lowest BCUT2D eigenvalue weighted by molar-refractivity contribution is 0.305. The van der Waals surface area contributed by atoms with Crippen LogP contribution in [0.1, 0.15) is 28.3 Å². The maximum absolute atomic E-state index is 5.90. The lowest BCUT2D eigenvalue weighted by atomic mass is 9.99. The van der Waals surface area contributed by atoms with Crippen LogP contribution in [-0.4, -0.2) is 48.4 Å². The highest BCUT2D eigenvalue weighted by Gasteiger charge is 2.25. The molecule has 0 amide bonds. The number of methoxy groups -OCH3 is 4. The summed E-state index contributed by atoms with van der Waals surface area (Å²) in [5.41, 5.74) is 5.52. The van der Waals surface area contributed by atoms with E-state index in [2.05, 4.69) is 86.7 Å². The Morgan fingerprint density at radius 2 is 1.08 bits per heavy atom. The zero-order valence-electron chi connectivity index (χ0n) is 21.6. The number of H-pyrrole nitrogens is 4. The summed E-state index contributed by atoms with van der Waals surface area (Å²) in [4.78, 5) is 14.1. The molecular weight excluding hydrogens is 480 g/mol. The van der Waals surface area contributed by atoms with E-state index in [4.69, 9.17) is 18.9 Å². The lowest BCUT2D eigenvalue weighted by Gasteiger charge is -2.19. The monoisotopic (exact) mass is 508 g/mol. The highest BCUT2D eigenvalue weighted by Crippen LogP contribution is 2.48. The Bertz CT molecular complexity index is 1880. The van der Waals surface area contributed by atoms with E-state index in [1.165, 1.54) is 0 Å². The van der Waals surface area contributed by atoms with Crippen molar-refractivity contribution >= 4 is 23.8 Å². The Kier molecular flexibility index (Phi) is 5.84. The quantitative estimate of drug-likeness (QED) is 0.287. The molecule has 0 atom stereocenters. The third-order valence-corrected chi connectivity index (χ3v) is 6.61. The Hall–Kier alpha value is -4.98. The van der Waals surface area contributed by atoms with Gasteiger partial charge in [-0.3, -0.25) is 0 Å². The van der Waals surface area contributed by atoms with E-state index in [1.807, 2.05) is 6.07 Å². The van der Waals surface area contributed by atoms with Crippen LogP contribution in [0, 0.1) is 0 Å². The van der Waals surface area contributed by atoms with Gasteiger partial charge in [0.05, 0.1) is 28.4 Å². The molecule has 0 saturated carbocycles. The van der Waals surface area contributed by atoms with Crippen molar-refractivity contribution in [1.82, 2.24) is 19.9 Å². The Labute approximate surface area is 218 Å². The smallest absolute Gasteiger partial charge is 0.207 e. The van der Waals surface area contributed by atoms with Gasteiger partial charge in [-0.1, -0.05) is 0 Å². The summed E-state index contributed by atoms with van der Waals surface area (Å²) in [7, 11) is 6.39. The molecule has 0 unspecified atom stereocenters. The van der Waals surface area contributed by atoms with Gasteiger partial charge in [-0.2, -0.15) is 0 Å². The fraction of sp³-hybridized carbons (Fsp3) is 0.133. The second-order valence-corrected chi connectivity index (χ2v) is 8.93. The van der Waals surface area contributed by atoms with Crippen molar-refractivity contribution < 1.29 is 18.9 Å². The highest BCUT2D eigenvalue weighted by molar-refractivity contribution is 5.85. The van der Waals surface area contributed by atoms with E-state index in [0.29, 0.717) is 23.0 Å². The molecule has 8 heteroatoms. The van der Waals surface area contributed by atoms with Crippen LogP contribution in [0.3, 0.4) is 0 Å². The maximum atomic E-state index is 5.90. The number of hydrogen-bond acceptors (Lipinski definition) is 4. The molecule has 1 aliphatic rings. The molecule has 0 fully saturated rings. The first-order valence-corrected chi connectivity index (χ1v) is 12.2. The van der Waals surface area contributed by atoms with Gasteiger partial charge in [-0.25, -0.2) is 0 Å². The fourth-order valence-corrected chi connectivity index (χ4v) is 4.94. The van der Waals surface area contributed by atoms with Crippen molar-refractivity contribution in [2.24, 2.45) is 0 Å². The van der Waals surface area contributed by atoms with Gasteiger partial charge in [-0.15, -0.1) is 0 Å². The summed E-state index contributed by atoms with van der Waals surface area (Å²) in [6.07, 6.45) is 6.24. The molecule has 192 valence electrons. The van der Waals surface area contributed by atoms with Crippen molar-refractivity contribution in [3.63, 3.8) is 0 Å². The Morgan fingerprint density at radius 1 is 0.500 bits per heavy atom.